The van der Waals surface area contributed by atoms with Gasteiger partial charge in [0.25, 0.3) is 0 Å². The highest BCUT2D eigenvalue weighted by molar-refractivity contribution is 7.07. The van der Waals surface area contributed by atoms with Crippen molar-refractivity contribution >= 4 is 22.2 Å². The van der Waals surface area contributed by atoms with Crippen LogP contribution in [-0.4, -0.2) is 10.6 Å². The van der Waals surface area contributed by atoms with E-state index in [1.807, 2.05) is 0 Å². The van der Waals surface area contributed by atoms with E-state index in [0.717, 1.165) is 19.4 Å². The molecular formula is C17H20N2S. The summed E-state index contributed by atoms with van der Waals surface area (Å²) in [6, 6.07) is 11.4. The topological polar surface area (TPSA) is 30.9 Å². The van der Waals surface area contributed by atoms with Crippen molar-refractivity contribution in [2.45, 2.75) is 32.4 Å². The van der Waals surface area contributed by atoms with Crippen LogP contribution in [-0.2, 0) is 13.0 Å². The third kappa shape index (κ3) is 2.79. The Morgan fingerprint density at radius 1 is 1.20 bits per heavy atom. The zero-order valence-corrected chi connectivity index (χ0v) is 12.6. The van der Waals surface area contributed by atoms with E-state index in [9.17, 15) is 0 Å². The molecule has 2 heterocycles. The fourth-order valence-electron chi connectivity index (χ4n) is 2.54. The molecule has 2 aromatic heterocycles. The second-order valence-electron chi connectivity index (χ2n) is 5.34. The van der Waals surface area contributed by atoms with Crippen LogP contribution in [0.15, 0.2) is 47.3 Å². The van der Waals surface area contributed by atoms with Gasteiger partial charge in [-0.2, -0.15) is 11.3 Å². The lowest BCUT2D eigenvalue weighted by molar-refractivity contribution is 0.647. The highest BCUT2D eigenvalue weighted by Gasteiger charge is 2.06. The van der Waals surface area contributed by atoms with Gasteiger partial charge in [0.05, 0.1) is 0 Å². The van der Waals surface area contributed by atoms with Crippen molar-refractivity contribution < 1.29 is 0 Å². The Morgan fingerprint density at radius 2 is 2.10 bits per heavy atom. The molecule has 0 saturated carbocycles. The fraction of sp³-hybridized carbons (Fsp3) is 0.294. The lowest BCUT2D eigenvalue weighted by atomic mass is 10.0. The molecule has 0 bridgehead atoms. The zero-order valence-electron chi connectivity index (χ0n) is 11.8. The van der Waals surface area contributed by atoms with E-state index < -0.39 is 0 Å². The summed E-state index contributed by atoms with van der Waals surface area (Å²) in [4.78, 5) is 0. The first-order valence-electron chi connectivity index (χ1n) is 7.10. The second-order valence-corrected chi connectivity index (χ2v) is 6.12. The molecular weight excluding hydrogens is 264 g/mol. The highest BCUT2D eigenvalue weighted by Crippen LogP contribution is 2.20. The molecule has 2 nitrogen and oxygen atoms in total. The van der Waals surface area contributed by atoms with Crippen LogP contribution < -0.4 is 5.73 Å². The quantitative estimate of drug-likeness (QED) is 0.753. The fourth-order valence-corrected chi connectivity index (χ4v) is 3.20. The Hall–Kier alpha value is -1.58. The Balaban J connectivity index is 1.86. The SMILES string of the molecule is CCC(N)Cc1ccc2c(ccn2Cc2ccsc2)c1. The van der Waals surface area contributed by atoms with Gasteiger partial charge in [0.15, 0.2) is 0 Å². The van der Waals surface area contributed by atoms with Crippen LogP contribution in [0, 0.1) is 0 Å². The first-order valence-corrected chi connectivity index (χ1v) is 8.05. The lowest BCUT2D eigenvalue weighted by Crippen LogP contribution is -2.21. The summed E-state index contributed by atoms with van der Waals surface area (Å²) >= 11 is 1.75. The summed E-state index contributed by atoms with van der Waals surface area (Å²) < 4.78 is 2.31. The molecule has 0 aliphatic carbocycles. The van der Waals surface area contributed by atoms with E-state index in [4.69, 9.17) is 5.73 Å². The van der Waals surface area contributed by atoms with Crippen LogP contribution in [0.5, 0.6) is 0 Å². The summed E-state index contributed by atoms with van der Waals surface area (Å²) in [5.74, 6) is 0. The van der Waals surface area contributed by atoms with E-state index >= 15 is 0 Å². The second kappa shape index (κ2) is 5.81. The molecule has 0 amide bonds. The molecule has 104 valence electrons. The third-order valence-electron chi connectivity index (χ3n) is 3.79. The molecule has 0 spiro atoms. The molecule has 3 aromatic rings. The van der Waals surface area contributed by atoms with Crippen LogP contribution >= 0.6 is 11.3 Å². The highest BCUT2D eigenvalue weighted by atomic mass is 32.1. The van der Waals surface area contributed by atoms with Crippen molar-refractivity contribution in [3.8, 4) is 0 Å². The molecule has 0 saturated heterocycles. The van der Waals surface area contributed by atoms with Crippen molar-refractivity contribution in [3.63, 3.8) is 0 Å². The average molecular weight is 284 g/mol. The third-order valence-corrected chi connectivity index (χ3v) is 4.52. The van der Waals surface area contributed by atoms with Crippen LogP contribution in [0.3, 0.4) is 0 Å². The minimum absolute atomic E-state index is 0.264. The van der Waals surface area contributed by atoms with Gasteiger partial charge in [-0.3, -0.25) is 0 Å². The van der Waals surface area contributed by atoms with Gasteiger partial charge in [-0.15, -0.1) is 0 Å². The Bertz CT molecular complexity index is 682. The van der Waals surface area contributed by atoms with Crippen LogP contribution in [0.1, 0.15) is 24.5 Å². The van der Waals surface area contributed by atoms with Crippen molar-refractivity contribution in [2.24, 2.45) is 5.73 Å². The van der Waals surface area contributed by atoms with E-state index in [1.54, 1.807) is 11.3 Å². The Kier molecular flexibility index (Phi) is 3.90. The van der Waals surface area contributed by atoms with Gasteiger partial charge >= 0.3 is 0 Å². The number of fused-ring (bicyclic) bond motifs is 1. The molecule has 1 atom stereocenters. The summed E-state index contributed by atoms with van der Waals surface area (Å²) in [7, 11) is 0. The number of rotatable bonds is 5. The number of thiophene rings is 1. The average Bonchev–Trinajstić information content (AvgIpc) is 3.09. The molecule has 20 heavy (non-hydrogen) atoms. The molecule has 3 heteroatoms. The van der Waals surface area contributed by atoms with Gasteiger partial charge in [0, 0.05) is 24.3 Å². The van der Waals surface area contributed by atoms with Gasteiger partial charge in [-0.25, -0.2) is 0 Å². The number of nitrogens with zero attached hydrogens (tertiary/aromatic N) is 1. The number of nitrogens with two attached hydrogens (primary N) is 1. The van der Waals surface area contributed by atoms with E-state index in [0.29, 0.717) is 0 Å². The van der Waals surface area contributed by atoms with E-state index in [2.05, 4.69) is 58.8 Å². The van der Waals surface area contributed by atoms with E-state index in [-0.39, 0.29) is 6.04 Å². The lowest BCUT2D eigenvalue weighted by Gasteiger charge is -2.09. The van der Waals surface area contributed by atoms with Crippen molar-refractivity contribution in [3.05, 3.63) is 58.4 Å². The number of aromatic nitrogens is 1. The molecule has 0 aliphatic heterocycles. The smallest absolute Gasteiger partial charge is 0.0484 e. The van der Waals surface area contributed by atoms with Gasteiger partial charge in [0.2, 0.25) is 0 Å². The van der Waals surface area contributed by atoms with Crippen molar-refractivity contribution in [1.82, 2.24) is 4.57 Å². The largest absolute Gasteiger partial charge is 0.343 e. The molecule has 2 N–H and O–H groups in total. The molecule has 0 aliphatic rings. The summed E-state index contributed by atoms with van der Waals surface area (Å²) in [5, 5.41) is 5.65. The normalized spacial score (nSPS) is 12.9. The van der Waals surface area contributed by atoms with Crippen molar-refractivity contribution in [1.29, 1.82) is 0 Å². The maximum atomic E-state index is 6.04. The molecule has 0 fully saturated rings. The molecule has 1 unspecified atom stereocenters. The Morgan fingerprint density at radius 3 is 2.85 bits per heavy atom. The molecule has 1 aromatic carbocycles. The van der Waals surface area contributed by atoms with Gasteiger partial charge in [-0.05, 0) is 64.4 Å². The van der Waals surface area contributed by atoms with E-state index in [1.165, 1.54) is 22.0 Å². The minimum atomic E-state index is 0.264. The summed E-state index contributed by atoms with van der Waals surface area (Å²) in [6.45, 7) is 3.08. The molecule has 3 rings (SSSR count). The maximum Gasteiger partial charge on any atom is 0.0484 e. The predicted octanol–water partition coefficient (Wildman–Crippen LogP) is 4.03. The first kappa shape index (κ1) is 13.4. The Labute approximate surface area is 123 Å². The predicted molar refractivity (Wildman–Crippen MR) is 87.3 cm³/mol. The van der Waals surface area contributed by atoms with Crippen molar-refractivity contribution in [2.75, 3.05) is 0 Å². The first-order chi connectivity index (χ1) is 9.76. The number of hydrogen-bond acceptors (Lipinski definition) is 2. The van der Waals surface area contributed by atoms with Gasteiger partial charge in [0.1, 0.15) is 0 Å². The summed E-state index contributed by atoms with van der Waals surface area (Å²) in [6.07, 6.45) is 4.16. The number of hydrogen-bond donors (Lipinski definition) is 1. The minimum Gasteiger partial charge on any atom is -0.343 e. The van der Waals surface area contributed by atoms with Crippen LogP contribution in [0.4, 0.5) is 0 Å². The summed E-state index contributed by atoms with van der Waals surface area (Å²) in [5.41, 5.74) is 10.0. The maximum absolute atomic E-state index is 6.04. The number of benzene rings is 1. The zero-order chi connectivity index (χ0) is 13.9. The standard InChI is InChI=1S/C17H20N2S/c1-2-16(18)10-13-3-4-17-15(9-13)5-7-19(17)11-14-6-8-20-12-14/h3-9,12,16H,2,10-11,18H2,1H3. The molecule has 0 radical (unpaired) electrons. The van der Waals surface area contributed by atoms with Crippen LogP contribution in [0.25, 0.3) is 10.9 Å². The monoisotopic (exact) mass is 284 g/mol. The van der Waals surface area contributed by atoms with Gasteiger partial charge < -0.3 is 10.3 Å². The van der Waals surface area contributed by atoms with Gasteiger partial charge in [-0.1, -0.05) is 13.0 Å². The van der Waals surface area contributed by atoms with Crippen LogP contribution in [0.2, 0.25) is 0 Å².